The summed E-state index contributed by atoms with van der Waals surface area (Å²) in [5, 5.41) is 10.7. The highest BCUT2D eigenvalue weighted by molar-refractivity contribution is 6.25. The second-order valence-electron chi connectivity index (χ2n) is 9.08. The maximum absolute atomic E-state index is 13.1. The van der Waals surface area contributed by atoms with Gasteiger partial charge in [-0.05, 0) is 65.8 Å². The second kappa shape index (κ2) is 15.0. The van der Waals surface area contributed by atoms with Crippen molar-refractivity contribution in [3.05, 3.63) is 94.5 Å². The van der Waals surface area contributed by atoms with Crippen molar-refractivity contribution in [1.82, 2.24) is 0 Å². The topological polar surface area (TPSA) is 74.2 Å². The highest BCUT2D eigenvalue weighted by Crippen LogP contribution is 2.39. The molecule has 0 aliphatic rings. The third-order valence-electron chi connectivity index (χ3n) is 6.16. The summed E-state index contributed by atoms with van der Waals surface area (Å²) in [7, 11) is 3.10. The molecular formula is C32H38O6. The third kappa shape index (κ3) is 7.70. The van der Waals surface area contributed by atoms with Crippen molar-refractivity contribution in [3.8, 4) is 11.5 Å². The van der Waals surface area contributed by atoms with Crippen molar-refractivity contribution in [2.24, 2.45) is 0 Å². The van der Waals surface area contributed by atoms with Gasteiger partial charge in [-0.3, -0.25) is 0 Å². The quantitative estimate of drug-likeness (QED) is 0.136. The van der Waals surface area contributed by atoms with Crippen molar-refractivity contribution in [3.63, 3.8) is 0 Å². The average Bonchev–Trinajstić information content (AvgIpc) is 2.92. The number of aryl methyl sites for hydroxylation is 2. The zero-order valence-electron chi connectivity index (χ0n) is 22.8. The van der Waals surface area contributed by atoms with E-state index in [-0.39, 0.29) is 19.2 Å². The predicted molar refractivity (Wildman–Crippen MR) is 150 cm³/mol. The van der Waals surface area contributed by atoms with Gasteiger partial charge in [0.15, 0.2) is 13.6 Å². The van der Waals surface area contributed by atoms with Gasteiger partial charge in [0.1, 0.15) is 11.5 Å². The number of methoxy groups -OCH3 is 2. The minimum Gasteiger partial charge on any atom is -0.478 e. The standard InChI is InChI=1S/C32H38O6/c1-5-10-23-14-16-29(37-21-35-3)26(18-23)27(19-25-12-8-7-9-13-25)31(32(33)34)28-20-24(11-6-2)15-17-30(28)38-22-36-4/h7-9,12-18,20H,5-6,10-11,19,21-22H2,1-4H3,(H,33,34). The SMILES string of the molecule is CCCc1ccc(OCOC)c(C(Cc2ccccc2)=C(C(=O)O)c2cc(CCC)ccc2OCOC)c1. The Morgan fingerprint density at radius 3 is 1.74 bits per heavy atom. The summed E-state index contributed by atoms with van der Waals surface area (Å²) < 4.78 is 22.2. The molecule has 3 aromatic carbocycles. The van der Waals surface area contributed by atoms with E-state index in [0.29, 0.717) is 29.1 Å². The Bertz CT molecular complexity index is 1220. The molecule has 0 spiro atoms. The van der Waals surface area contributed by atoms with Gasteiger partial charge >= 0.3 is 5.97 Å². The lowest BCUT2D eigenvalue weighted by Crippen LogP contribution is -2.11. The molecule has 1 N–H and O–H groups in total. The molecule has 0 amide bonds. The van der Waals surface area contributed by atoms with Crippen LogP contribution in [0.1, 0.15) is 54.5 Å². The van der Waals surface area contributed by atoms with Crippen LogP contribution in [-0.4, -0.2) is 38.9 Å². The zero-order valence-corrected chi connectivity index (χ0v) is 22.8. The van der Waals surface area contributed by atoms with Crippen molar-refractivity contribution in [1.29, 1.82) is 0 Å². The molecule has 0 radical (unpaired) electrons. The van der Waals surface area contributed by atoms with Crippen LogP contribution in [0.4, 0.5) is 0 Å². The fourth-order valence-electron chi connectivity index (χ4n) is 4.50. The minimum atomic E-state index is -1.04. The van der Waals surface area contributed by atoms with Gasteiger partial charge in [0, 0.05) is 25.3 Å². The summed E-state index contributed by atoms with van der Waals surface area (Å²) in [6.07, 6.45) is 3.99. The van der Waals surface area contributed by atoms with Crippen molar-refractivity contribution in [2.75, 3.05) is 27.8 Å². The lowest BCUT2D eigenvalue weighted by molar-refractivity contribution is -0.130. The fraction of sp³-hybridized carbons (Fsp3) is 0.344. The molecule has 6 nitrogen and oxygen atoms in total. The fourth-order valence-corrected chi connectivity index (χ4v) is 4.50. The van der Waals surface area contributed by atoms with E-state index in [1.54, 1.807) is 14.2 Å². The van der Waals surface area contributed by atoms with Gasteiger partial charge in [0.2, 0.25) is 0 Å². The van der Waals surface area contributed by atoms with E-state index >= 15 is 0 Å². The van der Waals surface area contributed by atoms with Gasteiger partial charge in [0.25, 0.3) is 0 Å². The van der Waals surface area contributed by atoms with Crippen LogP contribution >= 0.6 is 0 Å². The van der Waals surface area contributed by atoms with E-state index in [4.69, 9.17) is 18.9 Å². The molecule has 0 heterocycles. The number of carboxylic acids is 1. The molecule has 0 bridgehead atoms. The van der Waals surface area contributed by atoms with Gasteiger partial charge in [-0.25, -0.2) is 4.79 Å². The Balaban J connectivity index is 2.38. The molecule has 0 fully saturated rings. The molecule has 0 saturated carbocycles. The van der Waals surface area contributed by atoms with Crippen molar-refractivity contribution < 1.29 is 28.8 Å². The predicted octanol–water partition coefficient (Wildman–Crippen LogP) is 6.80. The summed E-state index contributed by atoms with van der Waals surface area (Å²) in [5.74, 6) is -0.00960. The molecule has 202 valence electrons. The first-order valence-corrected chi connectivity index (χ1v) is 13.0. The van der Waals surface area contributed by atoms with Crippen LogP contribution in [-0.2, 0) is 33.5 Å². The summed E-state index contributed by atoms with van der Waals surface area (Å²) >= 11 is 0. The number of carboxylic acid groups (broad SMARTS) is 1. The van der Waals surface area contributed by atoms with Gasteiger partial charge in [0.05, 0.1) is 5.57 Å². The molecule has 6 heteroatoms. The molecule has 0 aromatic heterocycles. The number of allylic oxidation sites excluding steroid dienone is 1. The molecule has 3 rings (SSSR count). The summed E-state index contributed by atoms with van der Waals surface area (Å²) in [6, 6.07) is 21.6. The molecule has 3 aromatic rings. The van der Waals surface area contributed by atoms with Gasteiger partial charge in [-0.1, -0.05) is 69.2 Å². The van der Waals surface area contributed by atoms with E-state index in [1.165, 1.54) is 0 Å². The van der Waals surface area contributed by atoms with Gasteiger partial charge < -0.3 is 24.1 Å². The van der Waals surface area contributed by atoms with E-state index in [2.05, 4.69) is 13.8 Å². The van der Waals surface area contributed by atoms with Crippen LogP contribution in [0.15, 0.2) is 66.7 Å². The lowest BCUT2D eigenvalue weighted by atomic mass is 9.87. The first kappa shape index (κ1) is 29.0. The largest absolute Gasteiger partial charge is 0.478 e. The number of rotatable bonds is 15. The minimum absolute atomic E-state index is 0.00915. The highest BCUT2D eigenvalue weighted by atomic mass is 16.7. The highest BCUT2D eigenvalue weighted by Gasteiger charge is 2.25. The van der Waals surface area contributed by atoms with E-state index < -0.39 is 5.97 Å². The van der Waals surface area contributed by atoms with Crippen molar-refractivity contribution in [2.45, 2.75) is 46.0 Å². The first-order chi connectivity index (χ1) is 18.5. The first-order valence-electron chi connectivity index (χ1n) is 13.0. The second-order valence-corrected chi connectivity index (χ2v) is 9.08. The Kier molecular flexibility index (Phi) is 11.4. The number of ether oxygens (including phenoxy) is 4. The van der Waals surface area contributed by atoms with Crippen LogP contribution in [0.2, 0.25) is 0 Å². The monoisotopic (exact) mass is 518 g/mol. The smallest absolute Gasteiger partial charge is 0.336 e. The van der Waals surface area contributed by atoms with Crippen molar-refractivity contribution >= 4 is 17.1 Å². The van der Waals surface area contributed by atoms with E-state index in [0.717, 1.165) is 47.9 Å². The van der Waals surface area contributed by atoms with Crippen LogP contribution in [0.3, 0.4) is 0 Å². The summed E-state index contributed by atoms with van der Waals surface area (Å²) in [6.45, 7) is 4.28. The molecule has 0 aliphatic heterocycles. The molecule has 0 atom stereocenters. The molecule has 0 saturated heterocycles. The Morgan fingerprint density at radius 2 is 1.24 bits per heavy atom. The van der Waals surface area contributed by atoms with Crippen LogP contribution in [0.5, 0.6) is 11.5 Å². The number of benzene rings is 3. The zero-order chi connectivity index (χ0) is 27.3. The Hall–Kier alpha value is -3.61. The number of aliphatic carboxylic acids is 1. The molecule has 38 heavy (non-hydrogen) atoms. The lowest BCUT2D eigenvalue weighted by Gasteiger charge is -2.20. The summed E-state index contributed by atoms with van der Waals surface area (Å²) in [4.78, 5) is 13.1. The summed E-state index contributed by atoms with van der Waals surface area (Å²) in [5.41, 5.74) is 5.21. The molecule has 0 unspecified atom stereocenters. The van der Waals surface area contributed by atoms with Crippen LogP contribution < -0.4 is 9.47 Å². The van der Waals surface area contributed by atoms with Gasteiger partial charge in [-0.15, -0.1) is 0 Å². The molecule has 0 aliphatic carbocycles. The van der Waals surface area contributed by atoms with E-state index in [1.807, 2.05) is 66.7 Å². The third-order valence-corrected chi connectivity index (χ3v) is 6.16. The van der Waals surface area contributed by atoms with Crippen LogP contribution in [0.25, 0.3) is 11.1 Å². The maximum atomic E-state index is 13.1. The molecular weight excluding hydrogens is 480 g/mol. The normalized spacial score (nSPS) is 11.7. The number of hydrogen-bond donors (Lipinski definition) is 1. The average molecular weight is 519 g/mol. The van der Waals surface area contributed by atoms with Gasteiger partial charge in [-0.2, -0.15) is 0 Å². The Labute approximate surface area is 225 Å². The van der Waals surface area contributed by atoms with E-state index in [9.17, 15) is 9.90 Å². The number of hydrogen-bond acceptors (Lipinski definition) is 5. The maximum Gasteiger partial charge on any atom is 0.336 e. The number of carbonyl (C=O) groups is 1. The van der Waals surface area contributed by atoms with Crippen LogP contribution in [0, 0.1) is 0 Å². The Morgan fingerprint density at radius 1 is 0.711 bits per heavy atom.